The summed E-state index contributed by atoms with van der Waals surface area (Å²) in [5, 5.41) is 6.19. The summed E-state index contributed by atoms with van der Waals surface area (Å²) in [6.07, 6.45) is 1.27. The van der Waals surface area contributed by atoms with Crippen molar-refractivity contribution < 1.29 is 17.5 Å². The average Bonchev–Trinajstić information content (AvgIpc) is 2.92. The molecule has 2 aromatic rings. The molecule has 0 radical (unpaired) electrons. The lowest BCUT2D eigenvalue weighted by molar-refractivity contribution is 0.385. The normalized spacial score (nSPS) is 13.2. The number of nitrogens with zero attached hydrogens (tertiary/aromatic N) is 2. The number of hydrogen-bond donors (Lipinski definition) is 2. The molecule has 0 bridgehead atoms. The summed E-state index contributed by atoms with van der Waals surface area (Å²) in [6, 6.07) is 2.79. The fourth-order valence-electron chi connectivity index (χ4n) is 1.59. The van der Waals surface area contributed by atoms with Crippen molar-refractivity contribution >= 4 is 10.0 Å². The van der Waals surface area contributed by atoms with E-state index in [1.807, 2.05) is 0 Å². The van der Waals surface area contributed by atoms with E-state index in [2.05, 4.69) is 19.9 Å². The summed E-state index contributed by atoms with van der Waals surface area (Å²) in [6.45, 7) is 1.60. The maximum atomic E-state index is 13.5. The first-order chi connectivity index (χ1) is 9.44. The highest BCUT2D eigenvalue weighted by Gasteiger charge is 2.21. The molecule has 108 valence electrons. The van der Waals surface area contributed by atoms with Crippen LogP contribution in [-0.4, -0.2) is 30.7 Å². The summed E-state index contributed by atoms with van der Waals surface area (Å²) in [5.74, 6) is -0.405. The molecule has 1 atom stereocenters. The number of ether oxygens (including phenoxy) is 1. The predicted octanol–water partition coefficient (Wildman–Crippen LogP) is 0.992. The van der Waals surface area contributed by atoms with Crippen LogP contribution < -0.4 is 9.46 Å². The van der Waals surface area contributed by atoms with E-state index in [4.69, 9.17) is 4.74 Å². The van der Waals surface area contributed by atoms with E-state index in [1.54, 1.807) is 6.92 Å². The third kappa shape index (κ3) is 2.94. The molecule has 1 aromatic heterocycles. The van der Waals surface area contributed by atoms with Gasteiger partial charge in [-0.3, -0.25) is 5.10 Å². The monoisotopic (exact) mass is 300 g/mol. The number of benzene rings is 1. The van der Waals surface area contributed by atoms with Crippen LogP contribution in [0.15, 0.2) is 29.4 Å². The quantitative estimate of drug-likeness (QED) is 0.858. The number of aromatic amines is 1. The van der Waals surface area contributed by atoms with Crippen molar-refractivity contribution in [3.63, 3.8) is 0 Å². The standard InChI is InChI=1S/C11H13FN4O3S/c1-7(11-13-6-14-15-11)16-20(17,18)8-3-4-10(19-2)9(12)5-8/h3-7,16H,1-2H3,(H,13,14,15). The first-order valence-electron chi connectivity index (χ1n) is 5.65. The van der Waals surface area contributed by atoms with Gasteiger partial charge >= 0.3 is 0 Å². The van der Waals surface area contributed by atoms with Crippen LogP contribution in [0.1, 0.15) is 18.8 Å². The van der Waals surface area contributed by atoms with Crippen LogP contribution in [0.4, 0.5) is 4.39 Å². The smallest absolute Gasteiger partial charge is 0.241 e. The highest BCUT2D eigenvalue weighted by Crippen LogP contribution is 2.21. The molecule has 0 aliphatic rings. The molecule has 20 heavy (non-hydrogen) atoms. The SMILES string of the molecule is COc1ccc(S(=O)(=O)NC(C)c2ncn[nH]2)cc1F. The highest BCUT2D eigenvalue weighted by atomic mass is 32.2. The third-order valence-corrected chi connectivity index (χ3v) is 4.15. The molecule has 2 rings (SSSR count). The Kier molecular flexibility index (Phi) is 4.00. The number of hydrogen-bond acceptors (Lipinski definition) is 5. The zero-order valence-electron chi connectivity index (χ0n) is 10.8. The molecule has 0 saturated carbocycles. The molecule has 1 aromatic carbocycles. The zero-order valence-corrected chi connectivity index (χ0v) is 11.6. The lowest BCUT2D eigenvalue weighted by Crippen LogP contribution is -2.27. The topological polar surface area (TPSA) is 97.0 Å². The van der Waals surface area contributed by atoms with Crippen LogP contribution in [0.5, 0.6) is 5.75 Å². The minimum Gasteiger partial charge on any atom is -0.494 e. The van der Waals surface area contributed by atoms with Crippen molar-refractivity contribution in [3.8, 4) is 5.75 Å². The third-order valence-electron chi connectivity index (χ3n) is 2.61. The second-order valence-electron chi connectivity index (χ2n) is 4.01. The lowest BCUT2D eigenvalue weighted by atomic mass is 10.3. The summed E-state index contributed by atoms with van der Waals surface area (Å²) in [7, 11) is -2.56. The maximum absolute atomic E-state index is 13.5. The number of halogens is 1. The molecule has 0 saturated heterocycles. The van der Waals surface area contributed by atoms with Gasteiger partial charge in [0.15, 0.2) is 11.6 Å². The molecule has 9 heteroatoms. The van der Waals surface area contributed by atoms with Crippen molar-refractivity contribution in [1.29, 1.82) is 0 Å². The van der Waals surface area contributed by atoms with Gasteiger partial charge in [-0.05, 0) is 25.1 Å². The first kappa shape index (κ1) is 14.4. The van der Waals surface area contributed by atoms with Crippen LogP contribution in [-0.2, 0) is 10.0 Å². The van der Waals surface area contributed by atoms with E-state index < -0.39 is 21.9 Å². The van der Waals surface area contributed by atoms with E-state index in [1.165, 1.54) is 25.6 Å². The molecule has 2 N–H and O–H groups in total. The molecule has 0 aliphatic heterocycles. The summed E-state index contributed by atoms with van der Waals surface area (Å²) in [4.78, 5) is 3.66. The summed E-state index contributed by atoms with van der Waals surface area (Å²) in [5.41, 5.74) is 0. The summed E-state index contributed by atoms with van der Waals surface area (Å²) >= 11 is 0. The molecule has 0 aliphatic carbocycles. The Morgan fingerprint density at radius 1 is 1.45 bits per heavy atom. The van der Waals surface area contributed by atoms with Gasteiger partial charge in [-0.25, -0.2) is 22.5 Å². The predicted molar refractivity (Wildman–Crippen MR) is 68.1 cm³/mol. The van der Waals surface area contributed by atoms with Gasteiger partial charge in [0, 0.05) is 0 Å². The largest absolute Gasteiger partial charge is 0.494 e. The van der Waals surface area contributed by atoms with Crippen molar-refractivity contribution in [2.45, 2.75) is 17.9 Å². The Morgan fingerprint density at radius 2 is 2.20 bits per heavy atom. The molecule has 1 heterocycles. The van der Waals surface area contributed by atoms with E-state index >= 15 is 0 Å². The Bertz CT molecular complexity index is 688. The maximum Gasteiger partial charge on any atom is 0.241 e. The van der Waals surface area contributed by atoms with Crippen molar-refractivity contribution in [2.75, 3.05) is 7.11 Å². The number of rotatable bonds is 5. The van der Waals surface area contributed by atoms with Crippen LogP contribution in [0, 0.1) is 5.82 Å². The van der Waals surface area contributed by atoms with E-state index in [9.17, 15) is 12.8 Å². The van der Waals surface area contributed by atoms with Crippen LogP contribution >= 0.6 is 0 Å². The Morgan fingerprint density at radius 3 is 2.75 bits per heavy atom. The van der Waals surface area contributed by atoms with Crippen molar-refractivity contribution in [3.05, 3.63) is 36.2 Å². The van der Waals surface area contributed by atoms with E-state index in [0.717, 1.165) is 6.07 Å². The number of sulfonamides is 1. The van der Waals surface area contributed by atoms with Gasteiger partial charge in [-0.1, -0.05) is 0 Å². The van der Waals surface area contributed by atoms with Gasteiger partial charge in [0.2, 0.25) is 10.0 Å². The fourth-order valence-corrected chi connectivity index (χ4v) is 2.81. The van der Waals surface area contributed by atoms with Crippen molar-refractivity contribution in [2.24, 2.45) is 0 Å². The first-order valence-corrected chi connectivity index (χ1v) is 7.13. The van der Waals surface area contributed by atoms with Crippen LogP contribution in [0.25, 0.3) is 0 Å². The molecular formula is C11H13FN4O3S. The Hall–Kier alpha value is -2.00. The minimum atomic E-state index is -3.87. The highest BCUT2D eigenvalue weighted by molar-refractivity contribution is 7.89. The van der Waals surface area contributed by atoms with Gasteiger partial charge in [0.1, 0.15) is 12.2 Å². The van der Waals surface area contributed by atoms with E-state index in [0.29, 0.717) is 5.82 Å². The Balaban J connectivity index is 2.24. The number of H-pyrrole nitrogens is 1. The molecule has 0 amide bonds. The lowest BCUT2D eigenvalue weighted by Gasteiger charge is -2.12. The molecule has 7 nitrogen and oxygen atoms in total. The molecular weight excluding hydrogens is 287 g/mol. The van der Waals surface area contributed by atoms with Gasteiger partial charge in [0.25, 0.3) is 0 Å². The minimum absolute atomic E-state index is 0.0211. The van der Waals surface area contributed by atoms with Gasteiger partial charge < -0.3 is 4.74 Å². The Labute approximate surface area is 115 Å². The average molecular weight is 300 g/mol. The second-order valence-corrected chi connectivity index (χ2v) is 5.72. The number of nitrogens with one attached hydrogen (secondary N) is 2. The summed E-state index contributed by atoms with van der Waals surface area (Å²) < 4.78 is 44.9. The molecule has 0 fully saturated rings. The van der Waals surface area contributed by atoms with Crippen LogP contribution in [0.2, 0.25) is 0 Å². The number of methoxy groups -OCH3 is 1. The fraction of sp³-hybridized carbons (Fsp3) is 0.273. The van der Waals surface area contributed by atoms with Gasteiger partial charge in [0.05, 0.1) is 18.0 Å². The van der Waals surface area contributed by atoms with Crippen LogP contribution in [0.3, 0.4) is 0 Å². The molecule has 1 unspecified atom stereocenters. The van der Waals surface area contributed by atoms with Gasteiger partial charge in [-0.15, -0.1) is 0 Å². The zero-order chi connectivity index (χ0) is 14.8. The van der Waals surface area contributed by atoms with Crippen molar-refractivity contribution in [1.82, 2.24) is 19.9 Å². The van der Waals surface area contributed by atoms with Gasteiger partial charge in [-0.2, -0.15) is 5.10 Å². The second kappa shape index (κ2) is 5.55. The number of aromatic nitrogens is 3. The van der Waals surface area contributed by atoms with E-state index in [-0.39, 0.29) is 10.6 Å². The molecule has 0 spiro atoms.